The second kappa shape index (κ2) is 7.30. The normalized spacial score (nSPS) is 18.6. The molecule has 32 heavy (non-hydrogen) atoms. The number of carbonyl (C=O) groups is 1. The van der Waals surface area contributed by atoms with Gasteiger partial charge in [-0.3, -0.25) is 9.69 Å². The van der Waals surface area contributed by atoms with E-state index in [9.17, 15) is 14.7 Å². The Hall–Kier alpha value is -3.47. The van der Waals surface area contributed by atoms with Crippen molar-refractivity contribution in [3.63, 3.8) is 0 Å². The number of pyridine rings is 2. The molecule has 3 aromatic rings. The number of benzene rings is 1. The monoisotopic (exact) mass is 429 g/mol. The summed E-state index contributed by atoms with van der Waals surface area (Å²) >= 11 is 0. The van der Waals surface area contributed by atoms with Crippen molar-refractivity contribution >= 4 is 16.9 Å². The van der Waals surface area contributed by atoms with Crippen LogP contribution in [0.25, 0.3) is 22.3 Å². The molecule has 7 heteroatoms. The Kier molecular flexibility index (Phi) is 4.66. The van der Waals surface area contributed by atoms with Crippen molar-refractivity contribution in [2.24, 2.45) is 0 Å². The van der Waals surface area contributed by atoms with Gasteiger partial charge in [0, 0.05) is 22.1 Å². The molecule has 2 aliphatic rings. The van der Waals surface area contributed by atoms with E-state index < -0.39 is 11.6 Å². The molecule has 2 aliphatic heterocycles. The predicted octanol–water partition coefficient (Wildman–Crippen LogP) is 1.99. The summed E-state index contributed by atoms with van der Waals surface area (Å²) in [5.41, 5.74) is 2.44. The molecule has 0 amide bonds. The van der Waals surface area contributed by atoms with E-state index in [4.69, 9.17) is 9.72 Å². The highest BCUT2D eigenvalue weighted by Gasteiger charge is 2.45. The first-order valence-corrected chi connectivity index (χ1v) is 10.6. The molecule has 1 N–H and O–H groups in total. The molecule has 4 heterocycles. The first-order valence-electron chi connectivity index (χ1n) is 10.6. The quantitative estimate of drug-likeness (QED) is 0.388. The Morgan fingerprint density at radius 1 is 1.28 bits per heavy atom. The van der Waals surface area contributed by atoms with E-state index in [0.29, 0.717) is 35.6 Å². The largest absolute Gasteiger partial charge is 0.458 e. The van der Waals surface area contributed by atoms with E-state index in [1.165, 1.54) is 0 Å². The zero-order valence-electron chi connectivity index (χ0n) is 18.2. The number of aliphatic hydroxyl groups is 1. The zero-order chi connectivity index (χ0) is 22.6. The number of fused-ring (bicyclic) bond motifs is 5. The summed E-state index contributed by atoms with van der Waals surface area (Å²) in [6, 6.07) is 9.58. The van der Waals surface area contributed by atoms with Gasteiger partial charge in [-0.2, -0.15) is 0 Å². The van der Waals surface area contributed by atoms with Gasteiger partial charge >= 0.3 is 5.97 Å². The fourth-order valence-corrected chi connectivity index (χ4v) is 4.40. The molecule has 1 aromatic carbocycles. The summed E-state index contributed by atoms with van der Waals surface area (Å²) in [6.07, 6.45) is 0.120. The molecule has 0 fully saturated rings. The van der Waals surface area contributed by atoms with Gasteiger partial charge in [-0.1, -0.05) is 24.8 Å². The number of nitrogens with zero attached hydrogens (tertiary/aromatic N) is 3. The third-order valence-corrected chi connectivity index (χ3v) is 6.17. The standard InChI is InChI=1S/C25H23N3O4/c1-4-25(31)19-12-21-22-16(13-28(21)23(29)18(19)14-32-24(25)30)11-17-15(8-6-10-27(2)3)7-5-9-20(17)26-22/h5,7,9,11-12,31H,4,10,13-14H2,1-3H3/t25-/m0/s1. The molecule has 0 spiro atoms. The lowest BCUT2D eigenvalue weighted by molar-refractivity contribution is -0.172. The van der Waals surface area contributed by atoms with Gasteiger partial charge in [0.1, 0.15) is 6.61 Å². The molecule has 0 aliphatic carbocycles. The molecule has 1 atom stereocenters. The highest BCUT2D eigenvalue weighted by Crippen LogP contribution is 2.38. The lowest BCUT2D eigenvalue weighted by Crippen LogP contribution is -2.44. The molecule has 162 valence electrons. The van der Waals surface area contributed by atoms with E-state index in [1.807, 2.05) is 43.3 Å². The molecule has 0 bridgehead atoms. The molecule has 0 saturated carbocycles. The van der Waals surface area contributed by atoms with Crippen molar-refractivity contribution in [2.75, 3.05) is 20.6 Å². The van der Waals surface area contributed by atoms with Crippen LogP contribution in [0, 0.1) is 11.8 Å². The summed E-state index contributed by atoms with van der Waals surface area (Å²) in [5, 5.41) is 11.9. The number of rotatable bonds is 2. The molecule has 0 radical (unpaired) electrons. The predicted molar refractivity (Wildman–Crippen MR) is 120 cm³/mol. The van der Waals surface area contributed by atoms with Crippen LogP contribution in [0.3, 0.4) is 0 Å². The van der Waals surface area contributed by atoms with Gasteiger partial charge in [0.2, 0.25) is 0 Å². The molecule has 0 unspecified atom stereocenters. The maximum Gasteiger partial charge on any atom is 0.343 e. The number of hydrogen-bond acceptors (Lipinski definition) is 6. The third kappa shape index (κ3) is 2.95. The Bertz CT molecular complexity index is 1410. The highest BCUT2D eigenvalue weighted by molar-refractivity contribution is 5.89. The minimum atomic E-state index is -1.82. The zero-order valence-corrected chi connectivity index (χ0v) is 18.2. The number of esters is 1. The lowest BCUT2D eigenvalue weighted by atomic mass is 9.86. The average molecular weight is 429 g/mol. The molecule has 2 aromatic heterocycles. The van der Waals surface area contributed by atoms with Gasteiger partial charge in [0.05, 0.1) is 35.6 Å². The van der Waals surface area contributed by atoms with Crippen molar-refractivity contribution in [3.05, 3.63) is 62.9 Å². The molecule has 5 rings (SSSR count). The molecular formula is C25H23N3O4. The van der Waals surface area contributed by atoms with Crippen molar-refractivity contribution < 1.29 is 14.6 Å². The van der Waals surface area contributed by atoms with Crippen LogP contribution in [0.5, 0.6) is 0 Å². The Morgan fingerprint density at radius 2 is 2.09 bits per heavy atom. The Morgan fingerprint density at radius 3 is 2.84 bits per heavy atom. The van der Waals surface area contributed by atoms with Crippen molar-refractivity contribution in [1.29, 1.82) is 0 Å². The van der Waals surface area contributed by atoms with Crippen molar-refractivity contribution in [1.82, 2.24) is 14.5 Å². The van der Waals surface area contributed by atoms with Crippen LogP contribution in [0.2, 0.25) is 0 Å². The number of carbonyl (C=O) groups excluding carboxylic acids is 1. The Labute approximate surface area is 185 Å². The number of aromatic nitrogens is 2. The highest BCUT2D eigenvalue weighted by atomic mass is 16.6. The second-order valence-corrected chi connectivity index (χ2v) is 8.51. The van der Waals surface area contributed by atoms with Gasteiger partial charge in [-0.25, -0.2) is 9.78 Å². The van der Waals surface area contributed by atoms with E-state index in [2.05, 4.69) is 11.8 Å². The van der Waals surface area contributed by atoms with Gasteiger partial charge in [-0.05, 0) is 44.8 Å². The van der Waals surface area contributed by atoms with Crippen molar-refractivity contribution in [3.8, 4) is 23.2 Å². The fraction of sp³-hybridized carbons (Fsp3) is 0.320. The lowest BCUT2D eigenvalue weighted by Gasteiger charge is -2.31. The van der Waals surface area contributed by atoms with Crippen LogP contribution in [-0.2, 0) is 28.3 Å². The molecule has 7 nitrogen and oxygen atoms in total. The maximum atomic E-state index is 13.3. The van der Waals surface area contributed by atoms with Gasteiger partial charge in [0.15, 0.2) is 5.60 Å². The first-order chi connectivity index (χ1) is 15.3. The van der Waals surface area contributed by atoms with Crippen LogP contribution < -0.4 is 5.56 Å². The third-order valence-electron chi connectivity index (χ3n) is 6.17. The van der Waals surface area contributed by atoms with Crippen LogP contribution in [0.15, 0.2) is 35.1 Å². The number of ether oxygens (including phenoxy) is 1. The average Bonchev–Trinajstić information content (AvgIpc) is 3.13. The number of hydrogen-bond donors (Lipinski definition) is 1. The first kappa shape index (κ1) is 20.4. The summed E-state index contributed by atoms with van der Waals surface area (Å²) in [5.74, 6) is 5.67. The number of cyclic esters (lactones) is 1. The molecular weight excluding hydrogens is 406 g/mol. The van der Waals surface area contributed by atoms with Crippen LogP contribution in [0.4, 0.5) is 0 Å². The summed E-state index contributed by atoms with van der Waals surface area (Å²) in [4.78, 5) is 32.4. The SMILES string of the molecule is CC[C@@]1(O)C(=O)OCc2c1cc1n(c2=O)Cc2cc3c(C#CCN(C)C)cccc3nc2-1. The minimum absolute atomic E-state index is 0.120. The Balaban J connectivity index is 1.69. The van der Waals surface area contributed by atoms with Gasteiger partial charge < -0.3 is 14.4 Å². The van der Waals surface area contributed by atoms with E-state index in [-0.39, 0.29) is 18.6 Å². The minimum Gasteiger partial charge on any atom is -0.458 e. The summed E-state index contributed by atoms with van der Waals surface area (Å²) in [6.45, 7) is 2.59. The summed E-state index contributed by atoms with van der Waals surface area (Å²) in [7, 11) is 3.94. The van der Waals surface area contributed by atoms with Crippen LogP contribution in [0.1, 0.15) is 35.6 Å². The van der Waals surface area contributed by atoms with E-state index >= 15 is 0 Å². The smallest absolute Gasteiger partial charge is 0.343 e. The summed E-state index contributed by atoms with van der Waals surface area (Å²) < 4.78 is 6.77. The van der Waals surface area contributed by atoms with Crippen LogP contribution >= 0.6 is 0 Å². The fourth-order valence-electron chi connectivity index (χ4n) is 4.40. The topological polar surface area (TPSA) is 84.7 Å². The van der Waals surface area contributed by atoms with E-state index in [1.54, 1.807) is 17.6 Å². The second-order valence-electron chi connectivity index (χ2n) is 8.51. The van der Waals surface area contributed by atoms with Crippen LogP contribution in [-0.4, -0.2) is 46.2 Å². The van der Waals surface area contributed by atoms with E-state index in [0.717, 1.165) is 22.0 Å². The van der Waals surface area contributed by atoms with Crippen molar-refractivity contribution in [2.45, 2.75) is 32.1 Å². The van der Waals surface area contributed by atoms with Gasteiger partial charge in [0.25, 0.3) is 5.56 Å². The molecule has 0 saturated heterocycles. The maximum absolute atomic E-state index is 13.3. The van der Waals surface area contributed by atoms with Gasteiger partial charge in [-0.15, -0.1) is 0 Å².